The van der Waals surface area contributed by atoms with Gasteiger partial charge in [-0.1, -0.05) is 42.5 Å². The van der Waals surface area contributed by atoms with Gasteiger partial charge in [0, 0.05) is 12.6 Å². The van der Waals surface area contributed by atoms with Crippen LogP contribution < -0.4 is 0 Å². The van der Waals surface area contributed by atoms with Crippen molar-refractivity contribution in [3.8, 4) is 11.1 Å². The molecule has 4 heteroatoms. The summed E-state index contributed by atoms with van der Waals surface area (Å²) in [5.41, 5.74) is 5.21. The van der Waals surface area contributed by atoms with Gasteiger partial charge in [0.1, 0.15) is 0 Å². The molecule has 1 fully saturated rings. The third-order valence-corrected chi connectivity index (χ3v) is 5.59. The Labute approximate surface area is 162 Å². The van der Waals surface area contributed by atoms with Crippen molar-refractivity contribution in [3.05, 3.63) is 59.7 Å². The minimum atomic E-state index is -0.744. The van der Waals surface area contributed by atoms with Crippen LogP contribution in [0.3, 0.4) is 0 Å². The van der Waals surface area contributed by atoms with Crippen LogP contribution in [0.15, 0.2) is 48.5 Å². The second kappa shape index (κ2) is 9.16. The van der Waals surface area contributed by atoms with Gasteiger partial charge in [-0.3, -0.25) is 14.6 Å². The molecule has 0 amide bonds. The molecule has 4 nitrogen and oxygen atoms in total. The number of rotatable bonds is 6. The molecule has 144 valence electrons. The Bertz CT molecular complexity index is 774. The summed E-state index contributed by atoms with van der Waals surface area (Å²) >= 11 is 0. The van der Waals surface area contributed by atoms with Gasteiger partial charge in [-0.05, 0) is 74.6 Å². The fraction of sp³-hybridized carbons (Fsp3) is 0.435. The first-order valence-corrected chi connectivity index (χ1v) is 9.82. The van der Waals surface area contributed by atoms with E-state index in [-0.39, 0.29) is 6.54 Å². The first-order valence-electron chi connectivity index (χ1n) is 9.82. The summed E-state index contributed by atoms with van der Waals surface area (Å²) in [5.74, 6) is -0.744. The van der Waals surface area contributed by atoms with E-state index in [2.05, 4.69) is 60.4 Å². The molecule has 1 aliphatic heterocycles. The van der Waals surface area contributed by atoms with E-state index >= 15 is 0 Å². The largest absolute Gasteiger partial charge is 0.480 e. The molecule has 2 aromatic rings. The van der Waals surface area contributed by atoms with Gasteiger partial charge in [0.15, 0.2) is 0 Å². The SMILES string of the molecule is Cc1ccccc1-c1cccc(CN2CCCC(N(C)CC(=O)O)CC2)c1. The molecular weight excluding hydrogens is 336 g/mol. The molecule has 0 radical (unpaired) electrons. The molecule has 1 saturated heterocycles. The van der Waals surface area contributed by atoms with E-state index in [1.807, 2.05) is 11.9 Å². The first kappa shape index (κ1) is 19.6. The molecule has 27 heavy (non-hydrogen) atoms. The van der Waals surface area contributed by atoms with Crippen molar-refractivity contribution in [2.75, 3.05) is 26.7 Å². The zero-order valence-corrected chi connectivity index (χ0v) is 16.4. The van der Waals surface area contributed by atoms with Crippen LogP contribution in [-0.4, -0.2) is 53.6 Å². The van der Waals surface area contributed by atoms with Crippen LogP contribution in [0.25, 0.3) is 11.1 Å². The van der Waals surface area contributed by atoms with Crippen molar-refractivity contribution in [1.29, 1.82) is 0 Å². The molecule has 2 aromatic carbocycles. The van der Waals surface area contributed by atoms with Crippen molar-refractivity contribution in [3.63, 3.8) is 0 Å². The number of likely N-dealkylation sites (tertiary alicyclic amines) is 1. The summed E-state index contributed by atoms with van der Waals surface area (Å²) in [6.07, 6.45) is 3.22. The maximum Gasteiger partial charge on any atom is 0.317 e. The van der Waals surface area contributed by atoms with E-state index < -0.39 is 5.97 Å². The lowest BCUT2D eigenvalue weighted by molar-refractivity contribution is -0.138. The summed E-state index contributed by atoms with van der Waals surface area (Å²) in [7, 11) is 1.93. The van der Waals surface area contributed by atoms with Gasteiger partial charge in [0.25, 0.3) is 0 Å². The number of hydrogen-bond acceptors (Lipinski definition) is 3. The van der Waals surface area contributed by atoms with Gasteiger partial charge >= 0.3 is 5.97 Å². The molecule has 0 spiro atoms. The number of nitrogens with zero attached hydrogens (tertiary/aromatic N) is 2. The van der Waals surface area contributed by atoms with Crippen molar-refractivity contribution >= 4 is 5.97 Å². The van der Waals surface area contributed by atoms with Gasteiger partial charge in [-0.25, -0.2) is 0 Å². The van der Waals surface area contributed by atoms with Crippen molar-refractivity contribution in [2.45, 2.75) is 38.8 Å². The molecule has 1 atom stereocenters. The molecule has 1 heterocycles. The maximum atomic E-state index is 11.0. The molecule has 0 aromatic heterocycles. The predicted octanol–water partition coefficient (Wildman–Crippen LogP) is 4.03. The van der Waals surface area contributed by atoms with Gasteiger partial charge in [-0.15, -0.1) is 0 Å². The number of benzene rings is 2. The number of aliphatic carboxylic acids is 1. The van der Waals surface area contributed by atoms with E-state index in [0.717, 1.165) is 38.9 Å². The van der Waals surface area contributed by atoms with Crippen LogP contribution >= 0.6 is 0 Å². The number of carbonyl (C=O) groups is 1. The fourth-order valence-corrected chi connectivity index (χ4v) is 4.07. The number of carboxylic acids is 1. The van der Waals surface area contributed by atoms with Gasteiger partial charge < -0.3 is 5.11 Å². The van der Waals surface area contributed by atoms with E-state index in [4.69, 9.17) is 5.11 Å². The van der Waals surface area contributed by atoms with Crippen LogP contribution in [0.2, 0.25) is 0 Å². The molecule has 0 aliphatic carbocycles. The van der Waals surface area contributed by atoms with Gasteiger partial charge in [-0.2, -0.15) is 0 Å². The molecule has 1 aliphatic rings. The zero-order valence-electron chi connectivity index (χ0n) is 16.4. The molecular formula is C23H30N2O2. The monoisotopic (exact) mass is 366 g/mol. The Kier molecular flexibility index (Phi) is 6.64. The summed E-state index contributed by atoms with van der Waals surface area (Å²) in [6.45, 7) is 5.33. The lowest BCUT2D eigenvalue weighted by Gasteiger charge is -2.25. The fourth-order valence-electron chi connectivity index (χ4n) is 4.07. The average Bonchev–Trinajstić information content (AvgIpc) is 2.87. The smallest absolute Gasteiger partial charge is 0.317 e. The lowest BCUT2D eigenvalue weighted by Crippen LogP contribution is -2.36. The van der Waals surface area contributed by atoms with Crippen LogP contribution in [0, 0.1) is 6.92 Å². The Balaban J connectivity index is 1.63. The van der Waals surface area contributed by atoms with E-state index in [9.17, 15) is 4.79 Å². The Morgan fingerprint density at radius 3 is 2.74 bits per heavy atom. The van der Waals surface area contributed by atoms with Crippen molar-refractivity contribution in [1.82, 2.24) is 9.80 Å². The third-order valence-electron chi connectivity index (χ3n) is 5.59. The van der Waals surface area contributed by atoms with E-state index in [1.54, 1.807) is 0 Å². The minimum Gasteiger partial charge on any atom is -0.480 e. The normalized spacial score (nSPS) is 18.4. The third kappa shape index (κ3) is 5.41. The molecule has 0 bridgehead atoms. The lowest BCUT2D eigenvalue weighted by atomic mass is 9.99. The molecule has 3 rings (SSSR count). The standard InChI is InChI=1S/C23H30N2O2/c1-18-7-3-4-11-22(18)20-9-5-8-19(15-20)16-25-13-6-10-21(12-14-25)24(2)17-23(26)27/h3-5,7-9,11,15,21H,6,10,12-14,16-17H2,1-2H3,(H,26,27). The summed E-state index contributed by atoms with van der Waals surface area (Å²) in [5, 5.41) is 9.02. The van der Waals surface area contributed by atoms with Crippen LogP contribution in [0.4, 0.5) is 0 Å². The summed E-state index contributed by atoms with van der Waals surface area (Å²) < 4.78 is 0. The maximum absolute atomic E-state index is 11.0. The molecule has 1 unspecified atom stereocenters. The topological polar surface area (TPSA) is 43.8 Å². The second-order valence-corrected chi connectivity index (χ2v) is 7.69. The van der Waals surface area contributed by atoms with Crippen LogP contribution in [0.1, 0.15) is 30.4 Å². The van der Waals surface area contributed by atoms with Gasteiger partial charge in [0.2, 0.25) is 0 Å². The number of likely N-dealkylation sites (N-methyl/N-ethyl adjacent to an activating group) is 1. The minimum absolute atomic E-state index is 0.128. The Morgan fingerprint density at radius 2 is 1.96 bits per heavy atom. The number of aryl methyl sites for hydroxylation is 1. The molecule has 1 N–H and O–H groups in total. The highest BCUT2D eigenvalue weighted by Crippen LogP contribution is 2.25. The van der Waals surface area contributed by atoms with E-state index in [0.29, 0.717) is 6.04 Å². The van der Waals surface area contributed by atoms with Crippen molar-refractivity contribution < 1.29 is 9.90 Å². The van der Waals surface area contributed by atoms with Crippen LogP contribution in [-0.2, 0) is 11.3 Å². The number of carboxylic acid groups (broad SMARTS) is 1. The van der Waals surface area contributed by atoms with Crippen LogP contribution in [0.5, 0.6) is 0 Å². The Morgan fingerprint density at radius 1 is 1.15 bits per heavy atom. The summed E-state index contributed by atoms with van der Waals surface area (Å²) in [4.78, 5) is 15.5. The number of hydrogen-bond donors (Lipinski definition) is 1. The Hall–Kier alpha value is -2.17. The second-order valence-electron chi connectivity index (χ2n) is 7.69. The zero-order chi connectivity index (χ0) is 19.2. The van der Waals surface area contributed by atoms with Crippen molar-refractivity contribution in [2.24, 2.45) is 0 Å². The van der Waals surface area contributed by atoms with E-state index in [1.165, 1.54) is 22.3 Å². The predicted molar refractivity (Wildman–Crippen MR) is 110 cm³/mol. The quantitative estimate of drug-likeness (QED) is 0.838. The highest BCUT2D eigenvalue weighted by molar-refractivity contribution is 5.69. The first-order chi connectivity index (χ1) is 13.0. The van der Waals surface area contributed by atoms with Gasteiger partial charge in [0.05, 0.1) is 6.54 Å². The summed E-state index contributed by atoms with van der Waals surface area (Å²) in [6, 6.07) is 17.7. The highest BCUT2D eigenvalue weighted by atomic mass is 16.4. The molecule has 0 saturated carbocycles. The highest BCUT2D eigenvalue weighted by Gasteiger charge is 2.21. The average molecular weight is 367 g/mol.